The van der Waals surface area contributed by atoms with Gasteiger partial charge in [-0.1, -0.05) is 6.07 Å². The van der Waals surface area contributed by atoms with Crippen molar-refractivity contribution in [1.82, 2.24) is 0 Å². The molecule has 0 spiro atoms. The van der Waals surface area contributed by atoms with Crippen LogP contribution in [0.4, 0.5) is 13.2 Å². The Morgan fingerprint density at radius 2 is 2.08 bits per heavy atom. The Hall–Kier alpha value is -1.25. The minimum absolute atomic E-state index is 0.169. The van der Waals surface area contributed by atoms with Crippen LogP contribution in [0.25, 0.3) is 0 Å². The first-order valence-corrected chi connectivity index (χ1v) is 3.83. The van der Waals surface area contributed by atoms with Gasteiger partial charge in [0.1, 0.15) is 11.6 Å². The Morgan fingerprint density at radius 3 is 2.62 bits per heavy atom. The smallest absolute Gasteiger partial charge is 0.129 e. The van der Waals surface area contributed by atoms with E-state index in [0.29, 0.717) is 17.5 Å². The maximum Gasteiger partial charge on any atom is 0.129 e. The molecule has 0 fully saturated rings. The Labute approximate surface area is 74.7 Å². The summed E-state index contributed by atoms with van der Waals surface area (Å²) < 4.78 is 37.3. The molecule has 0 unspecified atom stereocenters. The third kappa shape index (κ3) is 2.61. The lowest BCUT2D eigenvalue weighted by Gasteiger charge is -2.01. The van der Waals surface area contributed by atoms with Crippen molar-refractivity contribution in [2.24, 2.45) is 0 Å². The number of hydrogen-bond donors (Lipinski definition) is 0. The van der Waals surface area contributed by atoms with E-state index in [1.807, 2.05) is 0 Å². The van der Waals surface area contributed by atoms with Gasteiger partial charge in [-0.15, -0.1) is 0 Å². The summed E-state index contributed by atoms with van der Waals surface area (Å²) >= 11 is 0. The van der Waals surface area contributed by atoms with E-state index in [9.17, 15) is 13.2 Å². The van der Waals surface area contributed by atoms with Gasteiger partial charge >= 0.3 is 0 Å². The summed E-state index contributed by atoms with van der Waals surface area (Å²) in [5.74, 6) is -1.26. The van der Waals surface area contributed by atoms with E-state index >= 15 is 0 Å². The number of hydrogen-bond acceptors (Lipinski definition) is 0. The molecule has 0 aliphatic carbocycles. The van der Waals surface area contributed by atoms with Gasteiger partial charge in [-0.2, -0.15) is 0 Å². The Balaban J connectivity index is 2.90. The lowest BCUT2D eigenvalue weighted by Crippen LogP contribution is -1.92. The predicted octanol–water partition coefficient (Wildman–Crippen LogP) is 3.38. The summed E-state index contributed by atoms with van der Waals surface area (Å²) in [6.07, 6.45) is 0.589. The van der Waals surface area contributed by atoms with E-state index < -0.39 is 11.6 Å². The van der Waals surface area contributed by atoms with E-state index in [2.05, 4.69) is 0 Å². The number of halogens is 3. The molecule has 1 aromatic rings. The highest BCUT2D eigenvalue weighted by atomic mass is 19.1. The van der Waals surface area contributed by atoms with E-state index in [0.717, 1.165) is 12.1 Å². The van der Waals surface area contributed by atoms with Crippen LogP contribution in [-0.2, 0) is 6.42 Å². The second-order valence-electron chi connectivity index (χ2n) is 2.87. The van der Waals surface area contributed by atoms with Gasteiger partial charge in [0.05, 0.1) is 6.33 Å². The van der Waals surface area contributed by atoms with Gasteiger partial charge in [-0.05, 0) is 30.5 Å². The molecule has 0 bridgehead atoms. The topological polar surface area (TPSA) is 0 Å². The summed E-state index contributed by atoms with van der Waals surface area (Å²) in [6.45, 7) is 1.54. The van der Waals surface area contributed by atoms with Gasteiger partial charge in [0.15, 0.2) is 0 Å². The highest BCUT2D eigenvalue weighted by Crippen LogP contribution is 2.13. The molecule has 70 valence electrons. The van der Waals surface area contributed by atoms with E-state index in [1.165, 1.54) is 6.07 Å². The summed E-state index contributed by atoms with van der Waals surface area (Å²) in [6, 6.07) is 3.27. The number of allylic oxidation sites excluding steroid dienone is 1. The van der Waals surface area contributed by atoms with Crippen LogP contribution < -0.4 is 0 Å². The molecule has 0 amide bonds. The van der Waals surface area contributed by atoms with Crippen LogP contribution in [0.2, 0.25) is 0 Å². The van der Waals surface area contributed by atoms with Gasteiger partial charge in [0.2, 0.25) is 0 Å². The van der Waals surface area contributed by atoms with Crippen molar-refractivity contribution in [3.05, 3.63) is 47.3 Å². The van der Waals surface area contributed by atoms with Gasteiger partial charge < -0.3 is 0 Å². The van der Waals surface area contributed by atoms with Crippen LogP contribution in [0.15, 0.2) is 30.1 Å². The fourth-order valence-corrected chi connectivity index (χ4v) is 1.00. The average molecular weight is 186 g/mol. The summed E-state index contributed by atoms with van der Waals surface area (Å²) in [7, 11) is 0. The molecule has 0 saturated carbocycles. The van der Waals surface area contributed by atoms with E-state index in [4.69, 9.17) is 0 Å². The second-order valence-corrected chi connectivity index (χ2v) is 2.87. The fourth-order valence-electron chi connectivity index (χ4n) is 1.00. The molecule has 0 nitrogen and oxygen atoms in total. The maximum atomic E-state index is 13.0. The number of rotatable bonds is 2. The van der Waals surface area contributed by atoms with Crippen LogP contribution in [-0.4, -0.2) is 0 Å². The van der Waals surface area contributed by atoms with Crippen molar-refractivity contribution in [1.29, 1.82) is 0 Å². The van der Waals surface area contributed by atoms with E-state index in [1.54, 1.807) is 6.92 Å². The van der Waals surface area contributed by atoms with Crippen LogP contribution in [0.1, 0.15) is 12.5 Å². The molecule has 1 rings (SSSR count). The van der Waals surface area contributed by atoms with Crippen molar-refractivity contribution >= 4 is 0 Å². The minimum atomic E-state index is -0.638. The van der Waals surface area contributed by atoms with Crippen molar-refractivity contribution in [3.63, 3.8) is 0 Å². The Morgan fingerprint density at radius 1 is 1.38 bits per heavy atom. The van der Waals surface area contributed by atoms with Gasteiger partial charge in [0, 0.05) is 6.07 Å². The molecule has 0 heterocycles. The number of benzene rings is 1. The first-order chi connectivity index (χ1) is 6.13. The summed E-state index contributed by atoms with van der Waals surface area (Å²) in [5, 5.41) is 0. The first-order valence-electron chi connectivity index (χ1n) is 3.83. The summed E-state index contributed by atoms with van der Waals surface area (Å²) in [4.78, 5) is 0. The molecule has 1 aromatic carbocycles. The third-order valence-corrected chi connectivity index (χ3v) is 1.67. The van der Waals surface area contributed by atoms with Crippen LogP contribution in [0, 0.1) is 11.6 Å². The van der Waals surface area contributed by atoms with Crippen molar-refractivity contribution < 1.29 is 13.2 Å². The van der Waals surface area contributed by atoms with Gasteiger partial charge in [-0.3, -0.25) is 0 Å². The monoisotopic (exact) mass is 186 g/mol. The molecule has 0 radical (unpaired) electrons. The molecule has 0 atom stereocenters. The highest BCUT2D eigenvalue weighted by molar-refractivity contribution is 5.23. The maximum absolute atomic E-state index is 13.0. The van der Waals surface area contributed by atoms with Crippen molar-refractivity contribution in [2.45, 2.75) is 13.3 Å². The van der Waals surface area contributed by atoms with E-state index in [-0.39, 0.29) is 6.42 Å². The largest absolute Gasteiger partial charge is 0.216 e. The summed E-state index contributed by atoms with van der Waals surface area (Å²) in [5.41, 5.74) is 0.707. The van der Waals surface area contributed by atoms with Gasteiger partial charge in [0.25, 0.3) is 0 Å². The molecule has 0 aliphatic heterocycles. The average Bonchev–Trinajstić information content (AvgIpc) is 2.09. The van der Waals surface area contributed by atoms with Crippen LogP contribution in [0.5, 0.6) is 0 Å². The molecular weight excluding hydrogens is 177 g/mol. The van der Waals surface area contributed by atoms with Crippen LogP contribution >= 0.6 is 0 Å². The van der Waals surface area contributed by atoms with Crippen molar-refractivity contribution in [3.8, 4) is 0 Å². The first kappa shape index (κ1) is 9.84. The fraction of sp³-hybridized carbons (Fsp3) is 0.200. The van der Waals surface area contributed by atoms with Crippen LogP contribution in [0.3, 0.4) is 0 Å². The molecular formula is C10H9F3. The standard InChI is InChI=1S/C10H9F3/c1-7(6-11)4-8-2-3-9(12)5-10(8)13/h2-3,5-6H,4H2,1H3/b7-6-. The SMILES string of the molecule is C/C(=C/F)Cc1ccc(F)cc1F. The molecule has 0 N–H and O–H groups in total. The lowest BCUT2D eigenvalue weighted by atomic mass is 10.1. The highest BCUT2D eigenvalue weighted by Gasteiger charge is 2.03. The second kappa shape index (κ2) is 4.12. The normalized spacial score (nSPS) is 11.8. The Bertz CT molecular complexity index is 329. The molecule has 0 saturated heterocycles. The van der Waals surface area contributed by atoms with Crippen molar-refractivity contribution in [2.75, 3.05) is 0 Å². The molecule has 0 aromatic heterocycles. The quantitative estimate of drug-likeness (QED) is 0.664. The zero-order valence-corrected chi connectivity index (χ0v) is 7.15. The third-order valence-electron chi connectivity index (χ3n) is 1.67. The molecule has 0 aliphatic rings. The zero-order valence-electron chi connectivity index (χ0n) is 7.15. The van der Waals surface area contributed by atoms with Gasteiger partial charge in [-0.25, -0.2) is 13.2 Å². The molecule has 13 heavy (non-hydrogen) atoms. The molecule has 3 heteroatoms. The zero-order chi connectivity index (χ0) is 9.84. The Kier molecular flexibility index (Phi) is 3.12. The predicted molar refractivity (Wildman–Crippen MR) is 44.9 cm³/mol. The lowest BCUT2D eigenvalue weighted by molar-refractivity contribution is 0.573. The minimum Gasteiger partial charge on any atom is -0.216 e.